The molecule has 2 rings (SSSR count). The molecular formula is C11H12N4O3. The Hall–Kier alpha value is -2.57. The summed E-state index contributed by atoms with van der Waals surface area (Å²) in [6, 6.07) is 5.05. The molecule has 0 atom stereocenters. The first kappa shape index (κ1) is 11.9. The second-order valence-corrected chi connectivity index (χ2v) is 3.54. The number of nitrogens with one attached hydrogen (secondary N) is 1. The van der Waals surface area contributed by atoms with E-state index < -0.39 is 0 Å². The second kappa shape index (κ2) is 4.74. The molecule has 0 unspecified atom stereocenters. The fourth-order valence-corrected chi connectivity index (χ4v) is 1.50. The highest BCUT2D eigenvalue weighted by Crippen LogP contribution is 2.31. The summed E-state index contributed by atoms with van der Waals surface area (Å²) in [4.78, 5) is 11.0. The van der Waals surface area contributed by atoms with Gasteiger partial charge in [-0.25, -0.2) is 0 Å². The summed E-state index contributed by atoms with van der Waals surface area (Å²) >= 11 is 0. The molecule has 0 spiro atoms. The minimum atomic E-state index is -0.170. The topological polar surface area (TPSA) is 103 Å². The van der Waals surface area contributed by atoms with Gasteiger partial charge in [0.2, 0.25) is 5.91 Å². The van der Waals surface area contributed by atoms with Crippen LogP contribution in [0.3, 0.4) is 0 Å². The molecule has 0 aliphatic rings. The van der Waals surface area contributed by atoms with Gasteiger partial charge in [-0.3, -0.25) is 4.79 Å². The third-order valence-electron chi connectivity index (χ3n) is 2.19. The van der Waals surface area contributed by atoms with Gasteiger partial charge >= 0.3 is 6.01 Å². The average molecular weight is 248 g/mol. The third kappa shape index (κ3) is 2.40. The number of nitrogens with two attached hydrogens (primary N) is 1. The van der Waals surface area contributed by atoms with Gasteiger partial charge in [0.15, 0.2) is 0 Å². The number of carbonyl (C=O) groups is 1. The van der Waals surface area contributed by atoms with Crippen molar-refractivity contribution in [3.8, 4) is 17.2 Å². The zero-order valence-electron chi connectivity index (χ0n) is 9.93. The van der Waals surface area contributed by atoms with E-state index in [4.69, 9.17) is 14.9 Å². The molecule has 0 bridgehead atoms. The fraction of sp³-hybridized carbons (Fsp3) is 0.182. The number of rotatable bonds is 3. The minimum absolute atomic E-state index is 0.0306. The van der Waals surface area contributed by atoms with E-state index >= 15 is 0 Å². The summed E-state index contributed by atoms with van der Waals surface area (Å²) in [5.74, 6) is 0.612. The smallest absolute Gasteiger partial charge is 0.313 e. The molecule has 0 aliphatic carbocycles. The Balaban J connectivity index is 2.45. The van der Waals surface area contributed by atoms with Crippen molar-refractivity contribution in [2.24, 2.45) is 0 Å². The number of hydrogen-bond donors (Lipinski definition) is 2. The largest absolute Gasteiger partial charge is 0.496 e. The molecule has 2 aromatic rings. The lowest BCUT2D eigenvalue weighted by Crippen LogP contribution is -2.05. The van der Waals surface area contributed by atoms with Crippen LogP contribution in [0.5, 0.6) is 5.75 Å². The number of methoxy groups -OCH3 is 1. The summed E-state index contributed by atoms with van der Waals surface area (Å²) in [6.07, 6.45) is 0. The molecule has 1 aromatic carbocycles. The van der Waals surface area contributed by atoms with Crippen LogP contribution < -0.4 is 15.8 Å². The van der Waals surface area contributed by atoms with Gasteiger partial charge in [0.25, 0.3) is 5.89 Å². The molecule has 7 heteroatoms. The summed E-state index contributed by atoms with van der Waals surface area (Å²) in [5, 5.41) is 10.0. The summed E-state index contributed by atoms with van der Waals surface area (Å²) in [7, 11) is 1.52. The third-order valence-corrected chi connectivity index (χ3v) is 2.19. The molecule has 0 fully saturated rings. The van der Waals surface area contributed by atoms with Crippen LogP contribution in [0, 0.1) is 0 Å². The van der Waals surface area contributed by atoms with E-state index in [2.05, 4.69) is 15.5 Å². The average Bonchev–Trinajstić information content (AvgIpc) is 2.75. The number of carbonyl (C=O) groups excluding carboxylic acids is 1. The van der Waals surface area contributed by atoms with Gasteiger partial charge in [-0.1, -0.05) is 5.10 Å². The van der Waals surface area contributed by atoms with E-state index in [1.54, 1.807) is 18.2 Å². The summed E-state index contributed by atoms with van der Waals surface area (Å²) < 4.78 is 10.3. The fourth-order valence-electron chi connectivity index (χ4n) is 1.50. The van der Waals surface area contributed by atoms with Gasteiger partial charge in [0.05, 0.1) is 12.7 Å². The summed E-state index contributed by atoms with van der Waals surface area (Å²) in [6.45, 7) is 1.43. The first-order chi connectivity index (χ1) is 8.60. The molecule has 0 radical (unpaired) electrons. The highest BCUT2D eigenvalue weighted by atomic mass is 16.5. The van der Waals surface area contributed by atoms with E-state index in [9.17, 15) is 4.79 Å². The van der Waals surface area contributed by atoms with Crippen LogP contribution in [0.1, 0.15) is 6.92 Å². The van der Waals surface area contributed by atoms with Crippen molar-refractivity contribution in [3.05, 3.63) is 18.2 Å². The quantitative estimate of drug-likeness (QED) is 0.848. The lowest BCUT2D eigenvalue weighted by Gasteiger charge is -2.08. The monoisotopic (exact) mass is 248 g/mol. The number of amides is 1. The number of benzene rings is 1. The van der Waals surface area contributed by atoms with E-state index in [-0.39, 0.29) is 17.8 Å². The first-order valence-corrected chi connectivity index (χ1v) is 5.15. The van der Waals surface area contributed by atoms with Crippen molar-refractivity contribution >= 4 is 17.6 Å². The van der Waals surface area contributed by atoms with Crippen LogP contribution in [0.25, 0.3) is 11.5 Å². The van der Waals surface area contributed by atoms with Crippen molar-refractivity contribution in [1.82, 2.24) is 10.2 Å². The lowest BCUT2D eigenvalue weighted by molar-refractivity contribution is -0.114. The van der Waals surface area contributed by atoms with Crippen LogP contribution in [0.15, 0.2) is 22.6 Å². The van der Waals surface area contributed by atoms with Crippen LogP contribution in [-0.2, 0) is 4.79 Å². The van der Waals surface area contributed by atoms with Crippen LogP contribution in [0.2, 0.25) is 0 Å². The van der Waals surface area contributed by atoms with E-state index in [1.165, 1.54) is 14.0 Å². The number of anilines is 2. The Morgan fingerprint density at radius 3 is 2.78 bits per heavy atom. The van der Waals surface area contributed by atoms with Crippen molar-refractivity contribution in [3.63, 3.8) is 0 Å². The number of ether oxygens (including phenoxy) is 1. The maximum Gasteiger partial charge on any atom is 0.313 e. The molecule has 0 saturated carbocycles. The number of nitrogen functional groups attached to an aromatic ring is 1. The van der Waals surface area contributed by atoms with Crippen molar-refractivity contribution in [1.29, 1.82) is 0 Å². The summed E-state index contributed by atoms with van der Waals surface area (Å²) in [5.41, 5.74) is 6.54. The molecular weight excluding hydrogens is 236 g/mol. The van der Waals surface area contributed by atoms with Crippen LogP contribution >= 0.6 is 0 Å². The van der Waals surface area contributed by atoms with Crippen molar-refractivity contribution in [2.75, 3.05) is 18.2 Å². The highest BCUT2D eigenvalue weighted by Gasteiger charge is 2.13. The number of nitrogens with zero attached hydrogens (tertiary/aromatic N) is 2. The molecule has 1 amide bonds. The second-order valence-electron chi connectivity index (χ2n) is 3.54. The number of aromatic nitrogens is 2. The Labute approximate surface area is 103 Å². The zero-order chi connectivity index (χ0) is 13.1. The maximum atomic E-state index is 11.0. The molecule has 0 saturated heterocycles. The molecule has 7 nitrogen and oxygen atoms in total. The molecule has 1 heterocycles. The highest BCUT2D eigenvalue weighted by molar-refractivity contribution is 5.89. The van der Waals surface area contributed by atoms with Gasteiger partial charge in [0, 0.05) is 12.6 Å². The predicted molar refractivity (Wildman–Crippen MR) is 65.0 cm³/mol. The predicted octanol–water partition coefficient (Wildman–Crippen LogP) is 1.29. The SMILES string of the molecule is COc1ccc(NC(C)=O)cc1-c1nnc(N)o1. The van der Waals surface area contributed by atoms with Crippen molar-refractivity contribution < 1.29 is 13.9 Å². The first-order valence-electron chi connectivity index (χ1n) is 5.15. The van der Waals surface area contributed by atoms with Gasteiger partial charge < -0.3 is 20.2 Å². The Morgan fingerprint density at radius 1 is 1.44 bits per heavy atom. The van der Waals surface area contributed by atoms with Gasteiger partial charge in [-0.05, 0) is 18.2 Å². The molecule has 94 valence electrons. The Morgan fingerprint density at radius 2 is 2.22 bits per heavy atom. The molecule has 18 heavy (non-hydrogen) atoms. The maximum absolute atomic E-state index is 11.0. The Kier molecular flexibility index (Phi) is 3.13. The van der Waals surface area contributed by atoms with Crippen LogP contribution in [0.4, 0.5) is 11.7 Å². The number of hydrogen-bond acceptors (Lipinski definition) is 6. The molecule has 1 aromatic heterocycles. The standard InChI is InChI=1S/C11H12N4O3/c1-6(16)13-7-3-4-9(17-2)8(5-7)10-14-15-11(12)18-10/h3-5H,1-2H3,(H2,12,15)(H,13,16). The molecule has 0 aliphatic heterocycles. The Bertz CT molecular complexity index is 579. The van der Waals surface area contributed by atoms with Gasteiger partial charge in [-0.2, -0.15) is 0 Å². The minimum Gasteiger partial charge on any atom is -0.496 e. The van der Waals surface area contributed by atoms with Gasteiger partial charge in [0.1, 0.15) is 5.75 Å². The molecule has 3 N–H and O–H groups in total. The van der Waals surface area contributed by atoms with Crippen molar-refractivity contribution in [2.45, 2.75) is 6.92 Å². The van der Waals surface area contributed by atoms with E-state index in [0.29, 0.717) is 17.0 Å². The van der Waals surface area contributed by atoms with E-state index in [1.807, 2.05) is 0 Å². The van der Waals surface area contributed by atoms with Crippen LogP contribution in [-0.4, -0.2) is 23.2 Å². The lowest BCUT2D eigenvalue weighted by atomic mass is 10.1. The van der Waals surface area contributed by atoms with E-state index in [0.717, 1.165) is 0 Å². The zero-order valence-corrected chi connectivity index (χ0v) is 9.93. The van der Waals surface area contributed by atoms with Gasteiger partial charge in [-0.15, -0.1) is 5.10 Å². The normalized spacial score (nSPS) is 10.1.